The van der Waals surface area contributed by atoms with E-state index in [4.69, 9.17) is 16.8 Å². The van der Waals surface area contributed by atoms with E-state index < -0.39 is 0 Å². The summed E-state index contributed by atoms with van der Waals surface area (Å²) in [6.07, 6.45) is 3.56. The molecule has 1 aromatic rings. The van der Waals surface area contributed by atoms with E-state index in [1.54, 1.807) is 0 Å². The third-order valence-corrected chi connectivity index (χ3v) is 4.22. The summed E-state index contributed by atoms with van der Waals surface area (Å²) in [4.78, 5) is 0. The summed E-state index contributed by atoms with van der Waals surface area (Å²) in [5, 5.41) is 16.8. The lowest BCUT2D eigenvalue weighted by Gasteiger charge is -2.24. The van der Waals surface area contributed by atoms with Crippen molar-refractivity contribution in [2.75, 3.05) is 5.32 Å². The van der Waals surface area contributed by atoms with E-state index in [2.05, 4.69) is 10.5 Å². The van der Waals surface area contributed by atoms with Crippen LogP contribution in [0.5, 0.6) is 0 Å². The average Bonchev–Trinajstić information content (AvgIpc) is 2.92. The van der Waals surface area contributed by atoms with Gasteiger partial charge in [0.05, 0.1) is 11.8 Å². The third-order valence-electron chi connectivity index (χ3n) is 3.96. The van der Waals surface area contributed by atoms with E-state index >= 15 is 0 Å². The van der Waals surface area contributed by atoms with Gasteiger partial charge in [0.1, 0.15) is 0 Å². The van der Waals surface area contributed by atoms with E-state index in [1.165, 1.54) is 12.8 Å². The Kier molecular flexibility index (Phi) is 2.71. The minimum atomic E-state index is 0.194. The largest absolute Gasteiger partial charge is 0.411 e. The fraction of sp³-hybridized carbons (Fsp3) is 0.462. The highest BCUT2D eigenvalue weighted by molar-refractivity contribution is 6.30. The van der Waals surface area contributed by atoms with E-state index in [-0.39, 0.29) is 6.04 Å². The fourth-order valence-electron chi connectivity index (χ4n) is 3.14. The fourth-order valence-corrected chi connectivity index (χ4v) is 3.27. The van der Waals surface area contributed by atoms with E-state index in [9.17, 15) is 0 Å². The second kappa shape index (κ2) is 4.22. The summed E-state index contributed by atoms with van der Waals surface area (Å²) < 4.78 is 0. The molecule has 3 nitrogen and oxygen atoms in total. The van der Waals surface area contributed by atoms with Crippen LogP contribution in [-0.4, -0.2) is 17.0 Å². The predicted molar refractivity (Wildman–Crippen MR) is 68.9 cm³/mol. The molecule has 2 aliphatic rings. The maximum atomic E-state index is 9.11. The van der Waals surface area contributed by atoms with Crippen LogP contribution in [0.2, 0.25) is 5.02 Å². The van der Waals surface area contributed by atoms with Crippen molar-refractivity contribution < 1.29 is 5.21 Å². The molecule has 0 aromatic heterocycles. The Balaban J connectivity index is 1.79. The molecule has 0 amide bonds. The van der Waals surface area contributed by atoms with Gasteiger partial charge in [0.25, 0.3) is 0 Å². The summed E-state index contributed by atoms with van der Waals surface area (Å²) in [6.45, 7) is 0. The predicted octanol–water partition coefficient (Wildman–Crippen LogP) is 3.38. The summed E-state index contributed by atoms with van der Waals surface area (Å²) in [5.41, 5.74) is 1.96. The van der Waals surface area contributed by atoms with Crippen molar-refractivity contribution in [2.45, 2.75) is 25.3 Å². The smallest absolute Gasteiger partial charge is 0.0826 e. The number of halogens is 1. The summed E-state index contributed by atoms with van der Waals surface area (Å²) in [6, 6.07) is 7.85. The second-order valence-electron chi connectivity index (χ2n) is 4.92. The number of nitrogens with zero attached hydrogens (tertiary/aromatic N) is 1. The summed E-state index contributed by atoms with van der Waals surface area (Å²) in [5.74, 6) is 1.09. The van der Waals surface area contributed by atoms with Crippen molar-refractivity contribution in [1.82, 2.24) is 0 Å². The topological polar surface area (TPSA) is 44.6 Å². The van der Waals surface area contributed by atoms with Crippen LogP contribution in [0.1, 0.15) is 19.3 Å². The highest BCUT2D eigenvalue weighted by Gasteiger charge is 2.45. The van der Waals surface area contributed by atoms with Crippen molar-refractivity contribution in [3.8, 4) is 0 Å². The normalized spacial score (nSPS) is 33.2. The third kappa shape index (κ3) is 1.89. The van der Waals surface area contributed by atoms with Crippen LogP contribution in [0.15, 0.2) is 29.4 Å². The zero-order chi connectivity index (χ0) is 11.8. The molecule has 3 rings (SSSR count). The number of anilines is 1. The maximum absolute atomic E-state index is 9.11. The van der Waals surface area contributed by atoms with Crippen LogP contribution < -0.4 is 5.32 Å². The molecule has 2 N–H and O–H groups in total. The lowest BCUT2D eigenvalue weighted by Crippen LogP contribution is -2.35. The standard InChI is InChI=1S/C13H15ClN2O/c14-10-3-5-11(6-4-10)15-12-8-1-2-9(7-8)13(12)16-17/h3-6,8-9,12,15,17H,1-2,7H2/b16-13-/t8-,9+,12+/m1/s1. The molecule has 0 unspecified atom stereocenters. The maximum Gasteiger partial charge on any atom is 0.0826 e. The first-order valence-corrected chi connectivity index (χ1v) is 6.39. The molecule has 0 heterocycles. The van der Waals surface area contributed by atoms with Gasteiger partial charge in [-0.05, 0) is 49.4 Å². The Labute approximate surface area is 105 Å². The van der Waals surface area contributed by atoms with Crippen molar-refractivity contribution in [1.29, 1.82) is 0 Å². The lowest BCUT2D eigenvalue weighted by molar-refractivity contribution is 0.312. The quantitative estimate of drug-likeness (QED) is 0.624. The van der Waals surface area contributed by atoms with Gasteiger partial charge in [-0.2, -0.15) is 0 Å². The van der Waals surface area contributed by atoms with Crippen molar-refractivity contribution in [3.05, 3.63) is 29.3 Å². The average molecular weight is 251 g/mol. The number of hydrogen-bond donors (Lipinski definition) is 2. The SMILES string of the molecule is O/N=C1/[C@H]2CC[C@H](C2)[C@@H]1Nc1ccc(Cl)cc1. The molecule has 0 radical (unpaired) electrons. The van der Waals surface area contributed by atoms with Gasteiger partial charge in [0.2, 0.25) is 0 Å². The van der Waals surface area contributed by atoms with Crippen LogP contribution >= 0.6 is 11.6 Å². The van der Waals surface area contributed by atoms with Gasteiger partial charge in [0.15, 0.2) is 0 Å². The number of hydrogen-bond acceptors (Lipinski definition) is 3. The van der Waals surface area contributed by atoms with Gasteiger partial charge >= 0.3 is 0 Å². The second-order valence-corrected chi connectivity index (χ2v) is 5.36. The molecule has 0 saturated heterocycles. The number of rotatable bonds is 2. The summed E-state index contributed by atoms with van der Waals surface area (Å²) >= 11 is 5.86. The van der Waals surface area contributed by atoms with Gasteiger partial charge in [-0.25, -0.2) is 0 Å². The number of nitrogens with one attached hydrogen (secondary N) is 1. The minimum Gasteiger partial charge on any atom is -0.411 e. The first kappa shape index (κ1) is 10.9. The lowest BCUT2D eigenvalue weighted by atomic mass is 9.93. The zero-order valence-corrected chi connectivity index (χ0v) is 10.2. The Morgan fingerprint density at radius 2 is 2.00 bits per heavy atom. The van der Waals surface area contributed by atoms with E-state index in [0.717, 1.165) is 22.8 Å². The number of oxime groups is 1. The number of fused-ring (bicyclic) bond motifs is 2. The van der Waals surface area contributed by atoms with Crippen LogP contribution in [0.4, 0.5) is 5.69 Å². The molecule has 4 heteroatoms. The van der Waals surface area contributed by atoms with Gasteiger partial charge in [0, 0.05) is 16.6 Å². The molecule has 2 saturated carbocycles. The summed E-state index contributed by atoms with van der Waals surface area (Å²) in [7, 11) is 0. The molecule has 2 fully saturated rings. The molecule has 90 valence electrons. The number of benzene rings is 1. The molecule has 2 bridgehead atoms. The molecule has 0 aliphatic heterocycles. The molecule has 3 atom stereocenters. The first-order chi connectivity index (χ1) is 8.28. The van der Waals surface area contributed by atoms with Crippen molar-refractivity contribution in [3.63, 3.8) is 0 Å². The minimum absolute atomic E-state index is 0.194. The molecular weight excluding hydrogens is 236 g/mol. The Morgan fingerprint density at radius 3 is 2.71 bits per heavy atom. The highest BCUT2D eigenvalue weighted by Crippen LogP contribution is 2.43. The van der Waals surface area contributed by atoms with Crippen LogP contribution in [0, 0.1) is 11.8 Å². The van der Waals surface area contributed by atoms with Gasteiger partial charge in [-0.15, -0.1) is 0 Å². The molecule has 0 spiro atoms. The van der Waals surface area contributed by atoms with Crippen molar-refractivity contribution >= 4 is 23.0 Å². The van der Waals surface area contributed by atoms with Crippen LogP contribution in [0.3, 0.4) is 0 Å². The van der Waals surface area contributed by atoms with E-state index in [1.807, 2.05) is 24.3 Å². The molecule has 17 heavy (non-hydrogen) atoms. The van der Waals surface area contributed by atoms with Crippen LogP contribution in [0.25, 0.3) is 0 Å². The molecule has 2 aliphatic carbocycles. The monoisotopic (exact) mass is 250 g/mol. The van der Waals surface area contributed by atoms with Gasteiger partial charge in [-0.3, -0.25) is 0 Å². The van der Waals surface area contributed by atoms with Gasteiger partial charge < -0.3 is 10.5 Å². The molecular formula is C13H15ClN2O. The van der Waals surface area contributed by atoms with Gasteiger partial charge in [-0.1, -0.05) is 16.8 Å². The van der Waals surface area contributed by atoms with Crippen molar-refractivity contribution in [2.24, 2.45) is 17.0 Å². The van der Waals surface area contributed by atoms with Crippen LogP contribution in [-0.2, 0) is 0 Å². The first-order valence-electron chi connectivity index (χ1n) is 6.02. The zero-order valence-electron chi connectivity index (χ0n) is 9.44. The van der Waals surface area contributed by atoms with E-state index in [0.29, 0.717) is 11.8 Å². The Morgan fingerprint density at radius 1 is 1.24 bits per heavy atom. The molecule has 1 aromatic carbocycles. The highest BCUT2D eigenvalue weighted by atomic mass is 35.5. The Bertz CT molecular complexity index is 443. The Hall–Kier alpha value is -1.22.